The highest BCUT2D eigenvalue weighted by Gasteiger charge is 2.13. The molecule has 66 valence electrons. The number of hydrogen-bond acceptors (Lipinski definition) is 2. The minimum atomic E-state index is 0.821. The van der Waals surface area contributed by atoms with E-state index in [2.05, 4.69) is 4.98 Å². The van der Waals surface area contributed by atoms with Crippen LogP contribution < -0.4 is 4.74 Å². The summed E-state index contributed by atoms with van der Waals surface area (Å²) in [6.45, 7) is 6.85. The molecule has 0 aliphatic carbocycles. The van der Waals surface area contributed by atoms with Crippen LogP contribution in [0.15, 0.2) is 12.4 Å². The molecule has 0 radical (unpaired) electrons. The number of hydrogen-bond donors (Lipinski definition) is 0. The summed E-state index contributed by atoms with van der Waals surface area (Å²) in [5, 5.41) is 0. The van der Waals surface area contributed by atoms with Gasteiger partial charge in [0.15, 0.2) is 0 Å². The number of fused-ring (bicyclic) bond motifs is 1. The van der Waals surface area contributed by atoms with Gasteiger partial charge in [-0.15, -0.1) is 0 Å². The van der Waals surface area contributed by atoms with Gasteiger partial charge in [0.25, 0.3) is 0 Å². The molecule has 0 fully saturated rings. The van der Waals surface area contributed by atoms with Crippen LogP contribution in [0.1, 0.15) is 25.0 Å². The van der Waals surface area contributed by atoms with Gasteiger partial charge in [-0.3, -0.25) is 4.98 Å². The Bertz CT molecular complexity index is 258. The molecule has 12 heavy (non-hydrogen) atoms. The van der Waals surface area contributed by atoms with Gasteiger partial charge in [0.05, 0.1) is 6.61 Å². The van der Waals surface area contributed by atoms with Crippen molar-refractivity contribution in [3.63, 3.8) is 0 Å². The zero-order valence-corrected chi connectivity index (χ0v) is 7.92. The maximum absolute atomic E-state index is 5.39. The van der Waals surface area contributed by atoms with Crippen LogP contribution >= 0.6 is 0 Å². The Hall–Kier alpha value is -1.05. The molecule has 1 aliphatic rings. The van der Waals surface area contributed by atoms with Gasteiger partial charge in [0.2, 0.25) is 0 Å². The summed E-state index contributed by atoms with van der Waals surface area (Å²) < 4.78 is 5.39. The van der Waals surface area contributed by atoms with Crippen molar-refractivity contribution in [3.8, 4) is 5.75 Å². The maximum atomic E-state index is 5.39. The molecule has 0 spiro atoms. The van der Waals surface area contributed by atoms with Crippen molar-refractivity contribution in [1.82, 2.24) is 4.98 Å². The zero-order chi connectivity index (χ0) is 8.97. The molecule has 2 heteroatoms. The van der Waals surface area contributed by atoms with Crippen LogP contribution in [0, 0.1) is 6.92 Å². The van der Waals surface area contributed by atoms with Crippen molar-refractivity contribution >= 4 is 0 Å². The lowest BCUT2D eigenvalue weighted by atomic mass is 10.2. The Labute approximate surface area is 73.6 Å². The molecule has 1 aromatic rings. The van der Waals surface area contributed by atoms with E-state index in [-0.39, 0.29) is 0 Å². The molecule has 0 saturated carbocycles. The van der Waals surface area contributed by atoms with Crippen LogP contribution in [-0.2, 0) is 6.42 Å². The third-order valence-corrected chi connectivity index (χ3v) is 1.77. The molecule has 0 unspecified atom stereocenters. The van der Waals surface area contributed by atoms with E-state index in [0.717, 1.165) is 24.3 Å². The fourth-order valence-corrected chi connectivity index (χ4v) is 1.26. The second-order valence-electron chi connectivity index (χ2n) is 2.54. The fourth-order valence-electron chi connectivity index (χ4n) is 1.26. The first-order valence-corrected chi connectivity index (χ1v) is 4.44. The van der Waals surface area contributed by atoms with Gasteiger partial charge in [-0.1, -0.05) is 13.8 Å². The topological polar surface area (TPSA) is 22.1 Å². The molecule has 2 nitrogen and oxygen atoms in total. The normalized spacial score (nSPS) is 12.6. The summed E-state index contributed by atoms with van der Waals surface area (Å²) in [4.78, 5) is 4.08. The second kappa shape index (κ2) is 4.10. The van der Waals surface area contributed by atoms with Gasteiger partial charge in [0.1, 0.15) is 5.75 Å². The number of rotatable bonds is 0. The predicted octanol–water partition coefficient (Wildman–Crippen LogP) is 2.35. The molecular formula is C10H15NO. The second-order valence-corrected chi connectivity index (χ2v) is 2.54. The van der Waals surface area contributed by atoms with Gasteiger partial charge in [-0.2, -0.15) is 0 Å². The largest absolute Gasteiger partial charge is 0.493 e. The van der Waals surface area contributed by atoms with E-state index < -0.39 is 0 Å². The van der Waals surface area contributed by atoms with Crippen molar-refractivity contribution in [1.29, 1.82) is 0 Å². The Morgan fingerprint density at radius 3 is 2.75 bits per heavy atom. The molecule has 0 N–H and O–H groups in total. The first-order chi connectivity index (χ1) is 5.88. The monoisotopic (exact) mass is 165 g/mol. The minimum Gasteiger partial charge on any atom is -0.493 e. The van der Waals surface area contributed by atoms with Gasteiger partial charge in [-0.25, -0.2) is 0 Å². The minimum absolute atomic E-state index is 0.821. The van der Waals surface area contributed by atoms with E-state index in [1.165, 1.54) is 5.56 Å². The van der Waals surface area contributed by atoms with E-state index in [1.54, 1.807) is 0 Å². The lowest BCUT2D eigenvalue weighted by Crippen LogP contribution is -1.87. The third-order valence-electron chi connectivity index (χ3n) is 1.77. The number of pyridine rings is 1. The molecule has 1 aromatic heterocycles. The van der Waals surface area contributed by atoms with Crippen LogP contribution in [0.3, 0.4) is 0 Å². The fraction of sp³-hybridized carbons (Fsp3) is 0.500. The smallest absolute Gasteiger partial charge is 0.128 e. The number of aromatic nitrogens is 1. The van der Waals surface area contributed by atoms with Crippen LogP contribution in [0.5, 0.6) is 5.75 Å². The SMILES string of the molecule is CC.Cc1cncc2c1OCC2. The van der Waals surface area contributed by atoms with Crippen LogP contribution in [0.4, 0.5) is 0 Å². The van der Waals surface area contributed by atoms with E-state index in [1.807, 2.05) is 33.2 Å². The molecular weight excluding hydrogens is 150 g/mol. The molecule has 2 heterocycles. The summed E-state index contributed by atoms with van der Waals surface area (Å²) in [5.74, 6) is 1.05. The van der Waals surface area contributed by atoms with Crippen LogP contribution in [0.2, 0.25) is 0 Å². The lowest BCUT2D eigenvalue weighted by Gasteiger charge is -1.99. The van der Waals surface area contributed by atoms with Crippen molar-refractivity contribution in [3.05, 3.63) is 23.5 Å². The van der Waals surface area contributed by atoms with Gasteiger partial charge in [0, 0.05) is 29.9 Å². The summed E-state index contributed by atoms with van der Waals surface area (Å²) in [6, 6.07) is 0. The van der Waals surface area contributed by atoms with E-state index >= 15 is 0 Å². The predicted molar refractivity (Wildman–Crippen MR) is 49.5 cm³/mol. The Morgan fingerprint density at radius 1 is 1.33 bits per heavy atom. The Balaban J connectivity index is 0.000000336. The first kappa shape index (κ1) is 9.04. The van der Waals surface area contributed by atoms with E-state index in [4.69, 9.17) is 4.74 Å². The van der Waals surface area contributed by atoms with Crippen LogP contribution in [0.25, 0.3) is 0 Å². The summed E-state index contributed by atoms with van der Waals surface area (Å²) in [6.07, 6.45) is 4.74. The highest BCUT2D eigenvalue weighted by molar-refractivity contribution is 5.40. The van der Waals surface area contributed by atoms with Gasteiger partial charge < -0.3 is 4.74 Å². The maximum Gasteiger partial charge on any atom is 0.128 e. The number of aryl methyl sites for hydroxylation is 1. The lowest BCUT2D eigenvalue weighted by molar-refractivity contribution is 0.354. The standard InChI is InChI=1S/C8H9NO.C2H6/c1-6-4-9-5-7-2-3-10-8(6)7;1-2/h4-5H,2-3H2,1H3;1-2H3. The van der Waals surface area contributed by atoms with Crippen LogP contribution in [-0.4, -0.2) is 11.6 Å². The van der Waals surface area contributed by atoms with Crippen molar-refractivity contribution < 1.29 is 4.74 Å². The van der Waals surface area contributed by atoms with E-state index in [0.29, 0.717) is 0 Å². The Morgan fingerprint density at radius 2 is 2.08 bits per heavy atom. The molecule has 0 amide bonds. The third kappa shape index (κ3) is 1.58. The van der Waals surface area contributed by atoms with Gasteiger partial charge in [-0.05, 0) is 6.92 Å². The van der Waals surface area contributed by atoms with Gasteiger partial charge >= 0.3 is 0 Å². The molecule has 0 aromatic carbocycles. The molecule has 0 bridgehead atoms. The number of ether oxygens (including phenoxy) is 1. The summed E-state index contributed by atoms with van der Waals surface area (Å²) >= 11 is 0. The molecule has 1 aliphatic heterocycles. The summed E-state index contributed by atoms with van der Waals surface area (Å²) in [7, 11) is 0. The summed E-state index contributed by atoms with van der Waals surface area (Å²) in [5.41, 5.74) is 2.40. The highest BCUT2D eigenvalue weighted by atomic mass is 16.5. The first-order valence-electron chi connectivity index (χ1n) is 4.44. The quantitative estimate of drug-likeness (QED) is 0.588. The molecule has 0 atom stereocenters. The molecule has 0 saturated heterocycles. The zero-order valence-electron chi connectivity index (χ0n) is 7.92. The van der Waals surface area contributed by atoms with E-state index in [9.17, 15) is 0 Å². The van der Waals surface area contributed by atoms with Crippen molar-refractivity contribution in [2.45, 2.75) is 27.2 Å². The Kier molecular flexibility index (Phi) is 3.09. The molecule has 2 rings (SSSR count). The highest BCUT2D eigenvalue weighted by Crippen LogP contribution is 2.26. The van der Waals surface area contributed by atoms with Crippen molar-refractivity contribution in [2.75, 3.05) is 6.61 Å². The number of nitrogens with zero attached hydrogens (tertiary/aromatic N) is 1. The average molecular weight is 165 g/mol. The van der Waals surface area contributed by atoms with Crippen molar-refractivity contribution in [2.24, 2.45) is 0 Å². The average Bonchev–Trinajstić information content (AvgIpc) is 2.57.